The molecule has 6 heteroatoms. The van der Waals surface area contributed by atoms with E-state index in [-0.39, 0.29) is 17.7 Å². The molecule has 2 N–H and O–H groups in total. The molecule has 1 fully saturated rings. The van der Waals surface area contributed by atoms with Crippen LogP contribution in [0.2, 0.25) is 0 Å². The molecular formula is C12H14FNO4. The average Bonchev–Trinajstić information content (AvgIpc) is 2.75. The van der Waals surface area contributed by atoms with Crippen LogP contribution in [0.3, 0.4) is 0 Å². The van der Waals surface area contributed by atoms with Gasteiger partial charge in [0.1, 0.15) is 11.9 Å². The molecule has 0 amide bonds. The van der Waals surface area contributed by atoms with Gasteiger partial charge in [0.2, 0.25) is 0 Å². The summed E-state index contributed by atoms with van der Waals surface area (Å²) in [5.74, 6) is -1.76. The lowest BCUT2D eigenvalue weighted by atomic mass is 10.1. The molecule has 0 radical (unpaired) electrons. The predicted octanol–water partition coefficient (Wildman–Crippen LogP) is 1.35. The van der Waals surface area contributed by atoms with Gasteiger partial charge >= 0.3 is 5.97 Å². The molecule has 0 bridgehead atoms. The van der Waals surface area contributed by atoms with E-state index in [1.165, 1.54) is 12.1 Å². The minimum atomic E-state index is -1.16. The highest BCUT2D eigenvalue weighted by molar-refractivity contribution is 5.88. The molecule has 0 aromatic heterocycles. The molecule has 1 aromatic carbocycles. The van der Waals surface area contributed by atoms with Crippen LogP contribution in [0.1, 0.15) is 10.4 Å². The van der Waals surface area contributed by atoms with Crippen LogP contribution in [-0.4, -0.2) is 43.5 Å². The molecule has 0 saturated carbocycles. The Balaban J connectivity index is 2.16. The first-order valence-electron chi connectivity index (χ1n) is 5.51. The Kier molecular flexibility index (Phi) is 3.78. The Morgan fingerprint density at radius 3 is 2.94 bits per heavy atom. The van der Waals surface area contributed by atoms with Crippen LogP contribution in [0.5, 0.6) is 0 Å². The van der Waals surface area contributed by atoms with E-state index < -0.39 is 11.8 Å². The summed E-state index contributed by atoms with van der Waals surface area (Å²) in [6.07, 6.45) is -0.124. The van der Waals surface area contributed by atoms with Gasteiger partial charge in [0.25, 0.3) is 0 Å². The van der Waals surface area contributed by atoms with Crippen LogP contribution in [-0.2, 0) is 9.47 Å². The zero-order valence-electron chi connectivity index (χ0n) is 9.85. The van der Waals surface area contributed by atoms with Gasteiger partial charge in [-0.1, -0.05) is 0 Å². The third kappa shape index (κ3) is 2.77. The second-order valence-corrected chi connectivity index (χ2v) is 4.10. The highest BCUT2D eigenvalue weighted by atomic mass is 19.1. The maximum absolute atomic E-state index is 13.3. The van der Waals surface area contributed by atoms with Crippen LogP contribution in [0.25, 0.3) is 0 Å². The summed E-state index contributed by atoms with van der Waals surface area (Å²) in [5, 5.41) is 11.9. The molecule has 0 unspecified atom stereocenters. The molecule has 1 heterocycles. The maximum atomic E-state index is 13.3. The zero-order chi connectivity index (χ0) is 13.1. The van der Waals surface area contributed by atoms with Gasteiger partial charge in [-0.05, 0) is 18.2 Å². The third-order valence-corrected chi connectivity index (χ3v) is 2.83. The normalized spacial score (nSPS) is 23.0. The van der Waals surface area contributed by atoms with Gasteiger partial charge in [-0.2, -0.15) is 0 Å². The molecule has 1 aromatic rings. The topological polar surface area (TPSA) is 67.8 Å². The van der Waals surface area contributed by atoms with Gasteiger partial charge in [-0.25, -0.2) is 9.18 Å². The van der Waals surface area contributed by atoms with Crippen molar-refractivity contribution in [2.75, 3.05) is 25.6 Å². The summed E-state index contributed by atoms with van der Waals surface area (Å²) in [5.41, 5.74) is 0.315. The Morgan fingerprint density at radius 1 is 1.50 bits per heavy atom. The van der Waals surface area contributed by atoms with E-state index in [2.05, 4.69) is 5.32 Å². The summed E-state index contributed by atoms with van der Waals surface area (Å²) < 4.78 is 23.7. The van der Waals surface area contributed by atoms with E-state index in [0.717, 1.165) is 6.07 Å². The molecule has 18 heavy (non-hydrogen) atoms. The van der Waals surface area contributed by atoms with E-state index in [9.17, 15) is 9.18 Å². The number of hydrogen-bond donors (Lipinski definition) is 2. The van der Waals surface area contributed by atoms with Crippen molar-refractivity contribution in [1.29, 1.82) is 0 Å². The quantitative estimate of drug-likeness (QED) is 0.850. The molecule has 2 rings (SSSR count). The number of carbonyl (C=O) groups is 1. The van der Waals surface area contributed by atoms with Crippen LogP contribution in [0, 0.1) is 5.82 Å². The van der Waals surface area contributed by atoms with Gasteiger partial charge in [0.05, 0.1) is 24.8 Å². The van der Waals surface area contributed by atoms with Crippen molar-refractivity contribution >= 4 is 11.7 Å². The summed E-state index contributed by atoms with van der Waals surface area (Å²) >= 11 is 0. The monoisotopic (exact) mass is 255 g/mol. The van der Waals surface area contributed by atoms with Crippen molar-refractivity contribution in [2.45, 2.75) is 12.1 Å². The van der Waals surface area contributed by atoms with Crippen LogP contribution in [0.15, 0.2) is 18.2 Å². The fraction of sp³-hybridized carbons (Fsp3) is 0.417. The summed E-state index contributed by atoms with van der Waals surface area (Å²) in [6, 6.07) is 3.50. The van der Waals surface area contributed by atoms with Crippen LogP contribution in [0.4, 0.5) is 10.1 Å². The van der Waals surface area contributed by atoms with Crippen molar-refractivity contribution in [3.8, 4) is 0 Å². The van der Waals surface area contributed by atoms with Gasteiger partial charge in [-0.15, -0.1) is 0 Å². The Hall–Kier alpha value is -1.66. The van der Waals surface area contributed by atoms with Gasteiger partial charge < -0.3 is 19.9 Å². The summed E-state index contributed by atoms with van der Waals surface area (Å²) in [4.78, 5) is 10.8. The number of carboxylic acid groups (broad SMARTS) is 1. The highest BCUT2D eigenvalue weighted by Crippen LogP contribution is 2.19. The summed E-state index contributed by atoms with van der Waals surface area (Å²) in [7, 11) is 1.57. The van der Waals surface area contributed by atoms with Crippen molar-refractivity contribution in [2.24, 2.45) is 0 Å². The molecule has 0 spiro atoms. The van der Waals surface area contributed by atoms with Crippen molar-refractivity contribution in [3.05, 3.63) is 29.6 Å². The first kappa shape index (κ1) is 12.8. The van der Waals surface area contributed by atoms with Gasteiger partial charge in [-0.3, -0.25) is 0 Å². The number of methoxy groups -OCH3 is 1. The van der Waals surface area contributed by atoms with E-state index in [0.29, 0.717) is 18.9 Å². The number of hydrogen-bond acceptors (Lipinski definition) is 4. The largest absolute Gasteiger partial charge is 0.478 e. The number of ether oxygens (including phenoxy) is 2. The lowest BCUT2D eigenvalue weighted by molar-refractivity contribution is 0.0696. The van der Waals surface area contributed by atoms with Crippen molar-refractivity contribution in [3.63, 3.8) is 0 Å². The molecule has 1 aliphatic rings. The number of rotatable bonds is 4. The second kappa shape index (κ2) is 5.32. The first-order chi connectivity index (χ1) is 8.60. The fourth-order valence-corrected chi connectivity index (χ4v) is 1.91. The van der Waals surface area contributed by atoms with Gasteiger partial charge in [0.15, 0.2) is 0 Å². The third-order valence-electron chi connectivity index (χ3n) is 2.83. The number of carboxylic acids is 1. The lowest BCUT2D eigenvalue weighted by Gasteiger charge is -2.19. The first-order valence-corrected chi connectivity index (χ1v) is 5.51. The number of halogens is 1. The smallest absolute Gasteiger partial charge is 0.335 e. The Bertz CT molecular complexity index is 452. The van der Waals surface area contributed by atoms with Crippen molar-refractivity contribution < 1.29 is 23.8 Å². The zero-order valence-corrected chi connectivity index (χ0v) is 9.85. The maximum Gasteiger partial charge on any atom is 0.335 e. The SMILES string of the molecule is CO[C@H]1COC[C@H]1Nc1cc(F)cc(C(=O)O)c1. The molecule has 0 aliphatic carbocycles. The average molecular weight is 255 g/mol. The molecule has 1 saturated heterocycles. The molecule has 1 aliphatic heterocycles. The standard InChI is InChI=1S/C12H14FNO4/c1-17-11-6-18-5-10(11)14-9-3-7(12(15)16)2-8(13)4-9/h2-4,10-11,14H,5-6H2,1H3,(H,15,16)/t10-,11+/m1/s1. The Morgan fingerprint density at radius 2 is 2.28 bits per heavy atom. The predicted molar refractivity (Wildman–Crippen MR) is 62.4 cm³/mol. The highest BCUT2D eigenvalue weighted by Gasteiger charge is 2.28. The number of nitrogens with one attached hydrogen (secondary N) is 1. The Labute approximate surface area is 104 Å². The number of benzene rings is 1. The van der Waals surface area contributed by atoms with Crippen LogP contribution < -0.4 is 5.32 Å². The van der Waals surface area contributed by atoms with E-state index >= 15 is 0 Å². The van der Waals surface area contributed by atoms with Gasteiger partial charge in [0, 0.05) is 12.8 Å². The van der Waals surface area contributed by atoms with Crippen LogP contribution >= 0.6 is 0 Å². The molecule has 98 valence electrons. The number of anilines is 1. The number of aromatic carboxylic acids is 1. The van der Waals surface area contributed by atoms with E-state index in [1.54, 1.807) is 7.11 Å². The fourth-order valence-electron chi connectivity index (χ4n) is 1.91. The minimum absolute atomic E-state index is 0.0922. The summed E-state index contributed by atoms with van der Waals surface area (Å²) in [6.45, 7) is 0.909. The molecule has 2 atom stereocenters. The van der Waals surface area contributed by atoms with Crippen molar-refractivity contribution in [1.82, 2.24) is 0 Å². The minimum Gasteiger partial charge on any atom is -0.478 e. The molecule has 5 nitrogen and oxygen atoms in total. The molecular weight excluding hydrogens is 241 g/mol. The lowest BCUT2D eigenvalue weighted by Crippen LogP contribution is -2.33. The van der Waals surface area contributed by atoms with E-state index in [1.807, 2.05) is 0 Å². The van der Waals surface area contributed by atoms with E-state index in [4.69, 9.17) is 14.6 Å². The second-order valence-electron chi connectivity index (χ2n) is 4.10.